The molecule has 15 heavy (non-hydrogen) atoms. The molecule has 0 amide bonds. The van der Waals surface area contributed by atoms with Gasteiger partial charge in [0.2, 0.25) is 0 Å². The third-order valence-corrected chi connectivity index (χ3v) is 2.89. The Labute approximate surface area is 89.9 Å². The molecular formula is C11H18O4. The van der Waals surface area contributed by atoms with Gasteiger partial charge in [-0.25, -0.2) is 0 Å². The summed E-state index contributed by atoms with van der Waals surface area (Å²) >= 11 is 0. The number of carbonyl (C=O) groups excluding carboxylic acids is 2. The van der Waals surface area contributed by atoms with Crippen molar-refractivity contribution in [3.8, 4) is 0 Å². The molecule has 0 aromatic rings. The van der Waals surface area contributed by atoms with E-state index in [-0.39, 0.29) is 36.3 Å². The Bertz CT molecular complexity index is 247. The van der Waals surface area contributed by atoms with Crippen molar-refractivity contribution in [2.45, 2.75) is 45.3 Å². The highest BCUT2D eigenvalue weighted by Gasteiger charge is 2.34. The van der Waals surface area contributed by atoms with Gasteiger partial charge >= 0.3 is 5.97 Å². The summed E-state index contributed by atoms with van der Waals surface area (Å²) in [6.45, 7) is 3.86. The Balaban J connectivity index is 2.55. The van der Waals surface area contributed by atoms with Crippen molar-refractivity contribution in [2.75, 3.05) is 7.11 Å². The molecule has 3 atom stereocenters. The predicted octanol–water partition coefficient (Wildman–Crippen LogP) is 1.32. The van der Waals surface area contributed by atoms with Gasteiger partial charge in [-0.15, -0.1) is 0 Å². The average Bonchev–Trinajstić information content (AvgIpc) is 2.22. The lowest BCUT2D eigenvalue weighted by Gasteiger charge is -2.32. The highest BCUT2D eigenvalue weighted by Crippen LogP contribution is 2.25. The summed E-state index contributed by atoms with van der Waals surface area (Å²) in [5.74, 6) is -0.192. The summed E-state index contributed by atoms with van der Waals surface area (Å²) in [7, 11) is 1.34. The van der Waals surface area contributed by atoms with Crippen LogP contribution in [-0.4, -0.2) is 31.1 Å². The van der Waals surface area contributed by atoms with Gasteiger partial charge in [-0.3, -0.25) is 9.59 Å². The van der Waals surface area contributed by atoms with Crippen LogP contribution in [0.5, 0.6) is 0 Å². The van der Waals surface area contributed by atoms with Crippen LogP contribution < -0.4 is 0 Å². The van der Waals surface area contributed by atoms with E-state index in [1.54, 1.807) is 0 Å². The molecule has 0 saturated carbocycles. The van der Waals surface area contributed by atoms with Gasteiger partial charge in [-0.1, -0.05) is 13.8 Å². The van der Waals surface area contributed by atoms with Crippen LogP contribution in [-0.2, 0) is 19.1 Å². The van der Waals surface area contributed by atoms with Crippen LogP contribution >= 0.6 is 0 Å². The van der Waals surface area contributed by atoms with Crippen LogP contribution in [0.1, 0.15) is 33.1 Å². The summed E-state index contributed by atoms with van der Waals surface area (Å²) < 4.78 is 10.2. The molecule has 4 nitrogen and oxygen atoms in total. The predicted molar refractivity (Wildman–Crippen MR) is 54.4 cm³/mol. The van der Waals surface area contributed by atoms with E-state index in [4.69, 9.17) is 4.74 Å². The number of hydrogen-bond donors (Lipinski definition) is 0. The van der Waals surface area contributed by atoms with Crippen molar-refractivity contribution in [3.63, 3.8) is 0 Å². The summed E-state index contributed by atoms with van der Waals surface area (Å²) in [5, 5.41) is 0. The van der Waals surface area contributed by atoms with Gasteiger partial charge < -0.3 is 9.47 Å². The van der Waals surface area contributed by atoms with E-state index in [2.05, 4.69) is 4.74 Å². The van der Waals surface area contributed by atoms with Crippen molar-refractivity contribution >= 4 is 11.8 Å². The van der Waals surface area contributed by atoms with Gasteiger partial charge in [-0.2, -0.15) is 0 Å². The molecule has 4 heteroatoms. The molecule has 0 unspecified atom stereocenters. The monoisotopic (exact) mass is 214 g/mol. The average molecular weight is 214 g/mol. The van der Waals surface area contributed by atoms with Crippen molar-refractivity contribution < 1.29 is 19.1 Å². The molecule has 0 spiro atoms. The molecule has 0 aliphatic carbocycles. The quantitative estimate of drug-likeness (QED) is 0.665. The molecule has 1 heterocycles. The lowest BCUT2D eigenvalue weighted by Crippen LogP contribution is -2.40. The van der Waals surface area contributed by atoms with Crippen molar-refractivity contribution in [1.82, 2.24) is 0 Å². The number of carbonyl (C=O) groups is 2. The molecule has 1 fully saturated rings. The molecule has 0 N–H and O–H groups in total. The zero-order valence-electron chi connectivity index (χ0n) is 9.49. The first-order valence-electron chi connectivity index (χ1n) is 5.33. The molecule has 0 bridgehead atoms. The zero-order valence-corrected chi connectivity index (χ0v) is 9.49. The van der Waals surface area contributed by atoms with Gasteiger partial charge in [0.1, 0.15) is 5.78 Å². The fourth-order valence-electron chi connectivity index (χ4n) is 1.87. The maximum Gasteiger partial charge on any atom is 0.308 e. The molecule has 0 aromatic heterocycles. The molecular weight excluding hydrogens is 196 g/mol. The molecule has 1 saturated heterocycles. The minimum absolute atomic E-state index is 0.0519. The van der Waals surface area contributed by atoms with Crippen molar-refractivity contribution in [2.24, 2.45) is 5.92 Å². The third kappa shape index (κ3) is 3.02. The maximum atomic E-state index is 11.6. The molecule has 1 aliphatic heterocycles. The van der Waals surface area contributed by atoms with E-state index in [0.717, 1.165) is 6.42 Å². The molecule has 1 aliphatic rings. The second-order valence-corrected chi connectivity index (χ2v) is 3.94. The fourth-order valence-corrected chi connectivity index (χ4v) is 1.87. The lowest BCUT2D eigenvalue weighted by molar-refractivity contribution is -0.154. The fraction of sp³-hybridized carbons (Fsp3) is 0.818. The second-order valence-electron chi connectivity index (χ2n) is 3.94. The van der Waals surface area contributed by atoms with Gasteiger partial charge in [0.05, 0.1) is 25.7 Å². The zero-order chi connectivity index (χ0) is 11.4. The molecule has 86 valence electrons. The number of methoxy groups -OCH3 is 1. The SMILES string of the molecule is CC[C@H]1O[C@H](CC(=O)OC)CC(=O)[C@@H]1C. The third-order valence-electron chi connectivity index (χ3n) is 2.89. The number of ketones is 1. The van der Waals surface area contributed by atoms with Gasteiger partial charge in [0, 0.05) is 12.3 Å². The number of esters is 1. The Morgan fingerprint density at radius 2 is 2.27 bits per heavy atom. The first-order valence-corrected chi connectivity index (χ1v) is 5.33. The Morgan fingerprint density at radius 1 is 1.60 bits per heavy atom. The minimum Gasteiger partial charge on any atom is -0.469 e. The maximum absolute atomic E-state index is 11.6. The molecule has 0 radical (unpaired) electrons. The highest BCUT2D eigenvalue weighted by molar-refractivity contribution is 5.83. The Kier molecular flexibility index (Phi) is 4.27. The summed E-state index contributed by atoms with van der Waals surface area (Å²) in [5.41, 5.74) is 0. The van der Waals surface area contributed by atoms with Crippen molar-refractivity contribution in [1.29, 1.82) is 0 Å². The first-order chi connectivity index (χ1) is 7.08. The van der Waals surface area contributed by atoms with Crippen molar-refractivity contribution in [3.05, 3.63) is 0 Å². The molecule has 1 rings (SSSR count). The topological polar surface area (TPSA) is 52.6 Å². The van der Waals surface area contributed by atoms with E-state index >= 15 is 0 Å². The normalized spacial score (nSPS) is 31.4. The summed E-state index contributed by atoms with van der Waals surface area (Å²) in [6.07, 6.45) is 0.940. The summed E-state index contributed by atoms with van der Waals surface area (Å²) in [6, 6.07) is 0. The number of ether oxygens (including phenoxy) is 2. The van der Waals surface area contributed by atoms with E-state index in [1.165, 1.54) is 7.11 Å². The number of Topliss-reactive ketones (excluding diaryl/α,β-unsaturated/α-hetero) is 1. The van der Waals surface area contributed by atoms with E-state index in [1.807, 2.05) is 13.8 Å². The number of hydrogen-bond acceptors (Lipinski definition) is 4. The molecule has 0 aromatic carbocycles. The van der Waals surface area contributed by atoms with E-state index < -0.39 is 0 Å². The van der Waals surface area contributed by atoms with Crippen LogP contribution in [0.25, 0.3) is 0 Å². The van der Waals surface area contributed by atoms with Crippen LogP contribution in [0.4, 0.5) is 0 Å². The van der Waals surface area contributed by atoms with E-state index in [0.29, 0.717) is 6.42 Å². The number of rotatable bonds is 3. The standard InChI is InChI=1S/C11H18O4/c1-4-10-7(2)9(12)5-8(15-10)6-11(13)14-3/h7-8,10H,4-6H2,1-3H3/t7-,8-,10+/m0/s1. The summed E-state index contributed by atoms with van der Waals surface area (Å²) in [4.78, 5) is 22.7. The minimum atomic E-state index is -0.322. The lowest BCUT2D eigenvalue weighted by atomic mass is 9.89. The van der Waals surface area contributed by atoms with Crippen LogP contribution in [0.15, 0.2) is 0 Å². The van der Waals surface area contributed by atoms with Gasteiger partial charge in [0.25, 0.3) is 0 Å². The second kappa shape index (κ2) is 5.26. The largest absolute Gasteiger partial charge is 0.469 e. The smallest absolute Gasteiger partial charge is 0.308 e. The highest BCUT2D eigenvalue weighted by atomic mass is 16.5. The Hall–Kier alpha value is -0.900. The van der Waals surface area contributed by atoms with Gasteiger partial charge in [0.15, 0.2) is 0 Å². The Morgan fingerprint density at radius 3 is 2.80 bits per heavy atom. The van der Waals surface area contributed by atoms with Gasteiger partial charge in [-0.05, 0) is 6.42 Å². The van der Waals surface area contributed by atoms with E-state index in [9.17, 15) is 9.59 Å². The van der Waals surface area contributed by atoms with Crippen LogP contribution in [0, 0.1) is 5.92 Å². The first kappa shape index (κ1) is 12.2. The van der Waals surface area contributed by atoms with Crippen LogP contribution in [0.3, 0.4) is 0 Å². The van der Waals surface area contributed by atoms with Crippen LogP contribution in [0.2, 0.25) is 0 Å².